The summed E-state index contributed by atoms with van der Waals surface area (Å²) in [5, 5.41) is 14.6. The fourth-order valence-electron chi connectivity index (χ4n) is 5.76. The molecule has 0 unspecified atom stereocenters. The summed E-state index contributed by atoms with van der Waals surface area (Å²) in [4.78, 5) is 19.6. The van der Waals surface area contributed by atoms with Gasteiger partial charge in [-0.1, -0.05) is 40.0 Å². The van der Waals surface area contributed by atoms with Crippen LogP contribution < -0.4 is 5.32 Å². The number of rotatable bonds is 8. The molecule has 0 aromatic carbocycles. The number of hydrogen-bond acceptors (Lipinski definition) is 6. The summed E-state index contributed by atoms with van der Waals surface area (Å²) >= 11 is 0. The average molecular weight is 505 g/mol. The maximum atomic E-state index is 10.9. The molecule has 200 valence electrons. The summed E-state index contributed by atoms with van der Waals surface area (Å²) in [6.45, 7) is 13.4. The molecule has 2 fully saturated rings. The van der Waals surface area contributed by atoms with E-state index in [1.54, 1.807) is 13.8 Å². The van der Waals surface area contributed by atoms with Gasteiger partial charge < -0.3 is 15.0 Å². The zero-order valence-corrected chi connectivity index (χ0v) is 23.5. The van der Waals surface area contributed by atoms with Crippen molar-refractivity contribution in [2.75, 3.05) is 5.32 Å². The molecule has 0 bridgehead atoms. The number of imidazole rings is 1. The molecule has 0 radical (unpaired) electrons. The van der Waals surface area contributed by atoms with Gasteiger partial charge >= 0.3 is 0 Å². The summed E-state index contributed by atoms with van der Waals surface area (Å²) < 4.78 is 2.33. The molecule has 0 amide bonds. The number of hydrogen-bond donors (Lipinski definition) is 2. The Hall–Kier alpha value is -2.54. The summed E-state index contributed by atoms with van der Waals surface area (Å²) in [5.74, 6) is 4.47. The Kier molecular flexibility index (Phi) is 7.27. The fraction of sp³-hybridized carbons (Fsp3) is 0.667. The normalized spacial score (nSPS) is 21.8. The Morgan fingerprint density at radius 3 is 2.41 bits per heavy atom. The number of nitrogens with one attached hydrogen (secondary N) is 1. The van der Waals surface area contributed by atoms with E-state index >= 15 is 0 Å². The van der Waals surface area contributed by atoms with Crippen molar-refractivity contribution in [1.29, 1.82) is 0 Å². The lowest BCUT2D eigenvalue weighted by atomic mass is 9.80. The van der Waals surface area contributed by atoms with Gasteiger partial charge in [0.2, 0.25) is 0 Å². The van der Waals surface area contributed by atoms with Gasteiger partial charge in [0.15, 0.2) is 23.1 Å². The Morgan fingerprint density at radius 2 is 1.78 bits per heavy atom. The highest BCUT2D eigenvalue weighted by molar-refractivity contribution is 5.87. The minimum atomic E-state index is -1.16. The topological polar surface area (TPSA) is 88.8 Å². The third-order valence-electron chi connectivity index (χ3n) is 8.63. The van der Waals surface area contributed by atoms with Gasteiger partial charge in [-0.05, 0) is 87.8 Å². The van der Waals surface area contributed by atoms with Crippen molar-refractivity contribution in [2.45, 2.75) is 111 Å². The number of pyridine rings is 1. The molecule has 37 heavy (non-hydrogen) atoms. The lowest BCUT2D eigenvalue weighted by Crippen LogP contribution is -2.32. The zero-order valence-electron chi connectivity index (χ0n) is 23.5. The molecule has 7 heteroatoms. The highest BCUT2D eigenvalue weighted by atomic mass is 16.3. The van der Waals surface area contributed by atoms with Gasteiger partial charge in [-0.3, -0.25) is 4.98 Å². The van der Waals surface area contributed by atoms with E-state index in [-0.39, 0.29) is 0 Å². The second-order valence-corrected chi connectivity index (χ2v) is 12.6. The van der Waals surface area contributed by atoms with E-state index in [2.05, 4.69) is 49.7 Å². The molecular weight excluding hydrogens is 460 g/mol. The minimum Gasteiger partial charge on any atom is -0.382 e. The van der Waals surface area contributed by atoms with Crippen molar-refractivity contribution >= 4 is 17.0 Å². The van der Waals surface area contributed by atoms with Crippen LogP contribution in [0, 0.1) is 17.8 Å². The maximum Gasteiger partial charge on any atom is 0.184 e. The predicted octanol–water partition coefficient (Wildman–Crippen LogP) is 6.67. The predicted molar refractivity (Wildman–Crippen MR) is 149 cm³/mol. The first-order valence-electron chi connectivity index (χ1n) is 14.3. The SMILES string of the molecule is CC1CCC(Cn2c(-c3cc(C(C)C)ccn3)nc3nc(C(C)(C)O)nc(N[C@H](C)C4CCC4)c32)CC1. The molecule has 7 nitrogen and oxygen atoms in total. The smallest absolute Gasteiger partial charge is 0.184 e. The molecule has 1 atom stereocenters. The zero-order chi connectivity index (χ0) is 26.3. The number of aromatic nitrogens is 5. The largest absolute Gasteiger partial charge is 0.382 e. The molecule has 3 aromatic heterocycles. The third-order valence-corrected chi connectivity index (χ3v) is 8.63. The summed E-state index contributed by atoms with van der Waals surface area (Å²) in [6, 6.07) is 4.55. The van der Waals surface area contributed by atoms with Crippen LogP contribution in [0.2, 0.25) is 0 Å². The number of aliphatic hydroxyl groups is 1. The lowest BCUT2D eigenvalue weighted by molar-refractivity contribution is 0.0692. The van der Waals surface area contributed by atoms with Crippen LogP contribution in [0.3, 0.4) is 0 Å². The molecule has 2 aliphatic rings. The van der Waals surface area contributed by atoms with Gasteiger partial charge in [-0.2, -0.15) is 0 Å². The average Bonchev–Trinajstić information content (AvgIpc) is 3.17. The first kappa shape index (κ1) is 26.1. The van der Waals surface area contributed by atoms with Crippen LogP contribution in [0.4, 0.5) is 5.82 Å². The van der Waals surface area contributed by atoms with Crippen LogP contribution in [0.5, 0.6) is 0 Å². The van der Waals surface area contributed by atoms with E-state index < -0.39 is 5.60 Å². The Morgan fingerprint density at radius 1 is 1.05 bits per heavy atom. The van der Waals surface area contributed by atoms with Crippen LogP contribution in [-0.2, 0) is 12.1 Å². The van der Waals surface area contributed by atoms with Crippen molar-refractivity contribution in [2.24, 2.45) is 17.8 Å². The monoisotopic (exact) mass is 504 g/mol. The second kappa shape index (κ2) is 10.3. The van der Waals surface area contributed by atoms with Gasteiger partial charge in [0, 0.05) is 18.8 Å². The first-order chi connectivity index (χ1) is 17.6. The molecule has 2 saturated carbocycles. The van der Waals surface area contributed by atoms with E-state index in [9.17, 15) is 5.11 Å². The van der Waals surface area contributed by atoms with Gasteiger partial charge in [0.1, 0.15) is 16.8 Å². The van der Waals surface area contributed by atoms with Crippen molar-refractivity contribution < 1.29 is 5.11 Å². The quantitative estimate of drug-likeness (QED) is 0.356. The van der Waals surface area contributed by atoms with E-state index in [1.165, 1.54) is 50.5 Å². The van der Waals surface area contributed by atoms with Crippen molar-refractivity contribution in [1.82, 2.24) is 24.5 Å². The molecular formula is C30H44N6O. The number of anilines is 1. The third kappa shape index (κ3) is 5.52. The second-order valence-electron chi connectivity index (χ2n) is 12.6. The van der Waals surface area contributed by atoms with Crippen molar-refractivity contribution in [3.8, 4) is 11.5 Å². The van der Waals surface area contributed by atoms with E-state index in [4.69, 9.17) is 19.9 Å². The van der Waals surface area contributed by atoms with Crippen LogP contribution in [0.15, 0.2) is 18.3 Å². The highest BCUT2D eigenvalue weighted by Gasteiger charge is 2.30. The van der Waals surface area contributed by atoms with Gasteiger partial charge in [-0.25, -0.2) is 15.0 Å². The van der Waals surface area contributed by atoms with Gasteiger partial charge in [0.25, 0.3) is 0 Å². The van der Waals surface area contributed by atoms with E-state index in [0.29, 0.717) is 35.3 Å². The van der Waals surface area contributed by atoms with Crippen LogP contribution in [0.1, 0.15) is 104 Å². The molecule has 3 aromatic rings. The Balaban J connectivity index is 1.67. The van der Waals surface area contributed by atoms with Crippen LogP contribution in [0.25, 0.3) is 22.7 Å². The highest BCUT2D eigenvalue weighted by Crippen LogP contribution is 2.37. The fourth-order valence-corrected chi connectivity index (χ4v) is 5.76. The minimum absolute atomic E-state index is 0.297. The molecule has 0 saturated heterocycles. The summed E-state index contributed by atoms with van der Waals surface area (Å²) in [6.07, 6.45) is 10.7. The van der Waals surface area contributed by atoms with E-state index in [0.717, 1.165) is 35.3 Å². The first-order valence-corrected chi connectivity index (χ1v) is 14.3. The Bertz CT molecular complexity index is 1230. The Labute approximate surface area is 221 Å². The molecule has 2 aliphatic carbocycles. The molecule has 5 rings (SSSR count). The van der Waals surface area contributed by atoms with Gasteiger partial charge in [0.05, 0.1) is 0 Å². The van der Waals surface area contributed by atoms with Crippen LogP contribution in [-0.4, -0.2) is 35.7 Å². The maximum absolute atomic E-state index is 10.9. The summed E-state index contributed by atoms with van der Waals surface area (Å²) in [7, 11) is 0. The van der Waals surface area contributed by atoms with E-state index in [1.807, 2.05) is 6.20 Å². The molecule has 3 heterocycles. The number of fused-ring (bicyclic) bond motifs is 1. The van der Waals surface area contributed by atoms with Crippen molar-refractivity contribution in [3.05, 3.63) is 29.7 Å². The summed E-state index contributed by atoms with van der Waals surface area (Å²) in [5.41, 5.74) is 2.52. The molecule has 0 spiro atoms. The lowest BCUT2D eigenvalue weighted by Gasteiger charge is -2.32. The molecule has 0 aliphatic heterocycles. The van der Waals surface area contributed by atoms with Crippen LogP contribution >= 0.6 is 0 Å². The van der Waals surface area contributed by atoms with Gasteiger partial charge in [-0.15, -0.1) is 0 Å². The number of nitrogens with zero attached hydrogens (tertiary/aromatic N) is 5. The van der Waals surface area contributed by atoms with Crippen molar-refractivity contribution in [3.63, 3.8) is 0 Å². The molecule has 2 N–H and O–H groups in total. The standard InChI is InChI=1S/C30H44N6O/c1-18(2)23-14-15-31-24(16-23)28-33-27-25(36(28)17-21-12-10-19(3)11-13-21)26(32-20(4)22-8-7-9-22)34-29(35-27)30(5,6)37/h14-16,18-22,37H,7-13,17H2,1-6H3,(H,32,34,35)/t19?,20-,21?/m1/s1.